The summed E-state index contributed by atoms with van der Waals surface area (Å²) in [4.78, 5) is 13.1. The summed E-state index contributed by atoms with van der Waals surface area (Å²) in [7, 11) is 1.29. The minimum Gasteiger partial charge on any atom is -0.390 e. The minimum absolute atomic E-state index is 0.0453. The summed E-state index contributed by atoms with van der Waals surface area (Å²) < 4.78 is 85.4. The van der Waals surface area contributed by atoms with Gasteiger partial charge in [0.1, 0.15) is 0 Å². The van der Waals surface area contributed by atoms with Gasteiger partial charge in [0.15, 0.2) is 5.69 Å². The second-order valence-electron chi connectivity index (χ2n) is 8.14. The van der Waals surface area contributed by atoms with E-state index in [9.17, 15) is 36.2 Å². The van der Waals surface area contributed by atoms with Gasteiger partial charge in [-0.05, 0) is 36.8 Å². The Kier molecular flexibility index (Phi) is 5.28. The number of anilines is 1. The molecule has 2 fully saturated rings. The summed E-state index contributed by atoms with van der Waals surface area (Å²) in [5, 5.41) is 16.1. The predicted molar refractivity (Wildman–Crippen MR) is 98.5 cm³/mol. The molecule has 1 aromatic carbocycles. The van der Waals surface area contributed by atoms with Gasteiger partial charge in [0.05, 0.1) is 29.8 Å². The Morgan fingerprint density at radius 1 is 1.16 bits per heavy atom. The van der Waals surface area contributed by atoms with Crippen LogP contribution in [0.2, 0.25) is 0 Å². The molecule has 3 heterocycles. The van der Waals surface area contributed by atoms with E-state index < -0.39 is 59.7 Å². The minimum atomic E-state index is -4.71. The summed E-state index contributed by atoms with van der Waals surface area (Å²) >= 11 is 0. The molecule has 6 nitrogen and oxygen atoms in total. The number of ether oxygens (including phenoxy) is 1. The molecule has 32 heavy (non-hydrogen) atoms. The standard InChI is InChI=1S/C20H19F6N3O3/c1-8-3-9(19(21,22)23)5-10(4-8)27-18(31)16-13-7-12(30)17(32-13)15(16)11-6-14(20(24,25)26)28-29(11)2/h3-6,12-13,15-17,30H,7H2,1-2H3,(H,27,31)/t12-,13+,15+,16-,17-/m0/s1. The maximum absolute atomic E-state index is 13.1. The fourth-order valence-electron chi connectivity index (χ4n) is 4.57. The van der Waals surface area contributed by atoms with Crippen LogP contribution in [-0.4, -0.2) is 39.1 Å². The molecule has 0 spiro atoms. The Morgan fingerprint density at radius 2 is 1.84 bits per heavy atom. The lowest BCUT2D eigenvalue weighted by atomic mass is 9.75. The highest BCUT2D eigenvalue weighted by Gasteiger charge is 2.58. The number of hydrogen-bond acceptors (Lipinski definition) is 4. The van der Waals surface area contributed by atoms with E-state index >= 15 is 0 Å². The molecule has 0 aliphatic carbocycles. The van der Waals surface area contributed by atoms with Gasteiger partial charge in [-0.15, -0.1) is 0 Å². The van der Waals surface area contributed by atoms with E-state index in [1.165, 1.54) is 20.0 Å². The first-order valence-electron chi connectivity index (χ1n) is 9.70. The molecular formula is C20H19F6N3O3. The van der Waals surface area contributed by atoms with Crippen LogP contribution >= 0.6 is 0 Å². The first-order chi connectivity index (χ1) is 14.8. The highest BCUT2D eigenvalue weighted by Crippen LogP contribution is 2.50. The zero-order chi connectivity index (χ0) is 23.6. The van der Waals surface area contributed by atoms with Crippen LogP contribution in [0, 0.1) is 12.8 Å². The molecule has 2 aliphatic rings. The van der Waals surface area contributed by atoms with Gasteiger partial charge in [-0.25, -0.2) is 0 Å². The molecule has 174 valence electrons. The number of halogens is 6. The van der Waals surface area contributed by atoms with Crippen LogP contribution in [0.5, 0.6) is 0 Å². The average molecular weight is 463 g/mol. The number of alkyl halides is 6. The highest BCUT2D eigenvalue weighted by molar-refractivity contribution is 5.94. The lowest BCUT2D eigenvalue weighted by Crippen LogP contribution is -2.41. The lowest BCUT2D eigenvalue weighted by Gasteiger charge is -2.30. The third-order valence-corrected chi connectivity index (χ3v) is 5.85. The maximum atomic E-state index is 13.1. The molecule has 0 radical (unpaired) electrons. The molecule has 4 rings (SSSR count). The van der Waals surface area contributed by atoms with Gasteiger partial charge >= 0.3 is 12.4 Å². The average Bonchev–Trinajstić information content (AvgIpc) is 3.31. The molecule has 2 bridgehead atoms. The van der Waals surface area contributed by atoms with E-state index in [2.05, 4.69) is 10.4 Å². The van der Waals surface area contributed by atoms with Crippen molar-refractivity contribution < 1.29 is 41.0 Å². The molecule has 2 aliphatic heterocycles. The summed E-state index contributed by atoms with van der Waals surface area (Å²) in [6.07, 6.45) is -12.0. The predicted octanol–water partition coefficient (Wildman–Crippen LogP) is 3.64. The van der Waals surface area contributed by atoms with Crippen molar-refractivity contribution in [3.63, 3.8) is 0 Å². The van der Waals surface area contributed by atoms with Crippen molar-refractivity contribution in [2.75, 3.05) is 5.32 Å². The second kappa shape index (κ2) is 7.48. The van der Waals surface area contributed by atoms with Crippen LogP contribution in [0.4, 0.5) is 32.0 Å². The van der Waals surface area contributed by atoms with E-state index in [0.717, 1.165) is 22.9 Å². The van der Waals surface area contributed by atoms with Gasteiger partial charge in [0.2, 0.25) is 5.91 Å². The van der Waals surface area contributed by atoms with Crippen LogP contribution < -0.4 is 5.32 Å². The van der Waals surface area contributed by atoms with Crippen LogP contribution in [-0.2, 0) is 28.9 Å². The third kappa shape index (κ3) is 3.96. The Bertz CT molecular complexity index is 1050. The molecule has 2 saturated heterocycles. The normalized spacial score (nSPS) is 27.7. The number of benzene rings is 1. The van der Waals surface area contributed by atoms with E-state index in [1.54, 1.807) is 0 Å². The lowest BCUT2D eigenvalue weighted by molar-refractivity contribution is -0.141. The van der Waals surface area contributed by atoms with Crippen LogP contribution in [0.25, 0.3) is 0 Å². The van der Waals surface area contributed by atoms with Crippen molar-refractivity contribution in [3.8, 4) is 0 Å². The molecule has 5 atom stereocenters. The number of amides is 1. The first-order valence-corrected chi connectivity index (χ1v) is 9.70. The van der Waals surface area contributed by atoms with Crippen LogP contribution in [0.3, 0.4) is 0 Å². The van der Waals surface area contributed by atoms with Gasteiger partial charge in [0, 0.05) is 30.8 Å². The number of aromatic nitrogens is 2. The Balaban J connectivity index is 1.66. The van der Waals surface area contributed by atoms with Gasteiger partial charge < -0.3 is 15.2 Å². The molecule has 0 unspecified atom stereocenters. The Labute approximate surface area is 178 Å². The van der Waals surface area contributed by atoms with Crippen molar-refractivity contribution in [3.05, 3.63) is 46.8 Å². The smallest absolute Gasteiger partial charge is 0.390 e. The number of aliphatic hydroxyl groups excluding tert-OH is 1. The number of nitrogens with one attached hydrogen (secondary N) is 1. The van der Waals surface area contributed by atoms with Crippen LogP contribution in [0.1, 0.15) is 34.9 Å². The number of rotatable bonds is 3. The van der Waals surface area contributed by atoms with E-state index in [1.807, 2.05) is 0 Å². The number of nitrogens with zero attached hydrogens (tertiary/aromatic N) is 2. The molecule has 12 heteroatoms. The summed E-state index contributed by atoms with van der Waals surface area (Å²) in [5.74, 6) is -2.68. The van der Waals surface area contributed by atoms with Crippen LogP contribution in [0.15, 0.2) is 24.3 Å². The van der Waals surface area contributed by atoms with Crippen molar-refractivity contribution in [2.24, 2.45) is 13.0 Å². The third-order valence-electron chi connectivity index (χ3n) is 5.85. The first kappa shape index (κ1) is 22.6. The number of aliphatic hydroxyl groups is 1. The van der Waals surface area contributed by atoms with Gasteiger partial charge in [-0.3, -0.25) is 9.48 Å². The maximum Gasteiger partial charge on any atom is 0.435 e. The number of carbonyl (C=O) groups excluding carboxylic acids is 1. The van der Waals surface area contributed by atoms with E-state index in [4.69, 9.17) is 4.74 Å². The summed E-state index contributed by atoms with van der Waals surface area (Å²) in [6, 6.07) is 3.88. The number of fused-ring (bicyclic) bond motifs is 2. The molecule has 2 N–H and O–H groups in total. The number of hydrogen-bond donors (Lipinski definition) is 2. The monoisotopic (exact) mass is 463 g/mol. The molecule has 2 aromatic rings. The fourth-order valence-corrected chi connectivity index (χ4v) is 4.57. The fraction of sp³-hybridized carbons (Fsp3) is 0.500. The second-order valence-corrected chi connectivity index (χ2v) is 8.14. The summed E-state index contributed by atoms with van der Waals surface area (Å²) in [6.45, 7) is 1.44. The number of carbonyl (C=O) groups is 1. The van der Waals surface area contributed by atoms with Crippen molar-refractivity contribution in [1.29, 1.82) is 0 Å². The van der Waals surface area contributed by atoms with Gasteiger partial charge in [-0.2, -0.15) is 31.4 Å². The number of aryl methyl sites for hydroxylation is 2. The van der Waals surface area contributed by atoms with E-state index in [-0.39, 0.29) is 23.4 Å². The molecular weight excluding hydrogens is 444 g/mol. The Morgan fingerprint density at radius 3 is 2.44 bits per heavy atom. The van der Waals surface area contributed by atoms with Gasteiger partial charge in [0.25, 0.3) is 0 Å². The van der Waals surface area contributed by atoms with Crippen molar-refractivity contribution in [2.45, 2.75) is 49.9 Å². The zero-order valence-electron chi connectivity index (χ0n) is 16.8. The zero-order valence-corrected chi connectivity index (χ0v) is 16.8. The van der Waals surface area contributed by atoms with Crippen molar-refractivity contribution in [1.82, 2.24) is 9.78 Å². The molecule has 1 aromatic heterocycles. The van der Waals surface area contributed by atoms with E-state index in [0.29, 0.717) is 0 Å². The topological polar surface area (TPSA) is 76.4 Å². The summed E-state index contributed by atoms with van der Waals surface area (Å²) in [5.41, 5.74) is -1.87. The largest absolute Gasteiger partial charge is 0.435 e. The quantitative estimate of drug-likeness (QED) is 0.682. The van der Waals surface area contributed by atoms with Crippen molar-refractivity contribution >= 4 is 11.6 Å². The van der Waals surface area contributed by atoms with Gasteiger partial charge in [-0.1, -0.05) is 0 Å². The SMILES string of the molecule is Cc1cc(NC(=O)[C@@H]2[C@@H](c3cc(C(F)(F)F)nn3C)[C@H]3O[C@@H]2C[C@@H]3O)cc(C(F)(F)F)c1. The Hall–Kier alpha value is -2.60. The molecule has 0 saturated carbocycles. The highest BCUT2D eigenvalue weighted by atomic mass is 19.4. The molecule has 1 amide bonds.